The first-order chi connectivity index (χ1) is 15.1. The second kappa shape index (κ2) is 9.38. The number of para-hydroxylation sites is 1. The van der Waals surface area contributed by atoms with Crippen LogP contribution in [0.4, 0.5) is 0 Å². The van der Waals surface area contributed by atoms with Gasteiger partial charge in [0, 0.05) is 37.3 Å². The lowest BCUT2D eigenvalue weighted by Crippen LogP contribution is -2.57. The van der Waals surface area contributed by atoms with Crippen molar-refractivity contribution in [2.45, 2.75) is 43.4 Å². The fraction of sp³-hybridized carbons (Fsp3) is 0.565. The summed E-state index contributed by atoms with van der Waals surface area (Å²) in [7, 11) is 1.57. The van der Waals surface area contributed by atoms with E-state index in [4.69, 9.17) is 14.6 Å². The predicted octanol–water partition coefficient (Wildman–Crippen LogP) is 0.584. The number of ether oxygens (including phenoxy) is 2. The summed E-state index contributed by atoms with van der Waals surface area (Å²) in [6.45, 7) is 0.598. The molecule has 0 saturated heterocycles. The number of carbonyl (C=O) groups is 2. The molecule has 1 saturated carbocycles. The van der Waals surface area contributed by atoms with Gasteiger partial charge in [0.25, 0.3) is 0 Å². The Labute approximate surface area is 181 Å². The molecule has 1 aromatic carbocycles. The van der Waals surface area contributed by atoms with Gasteiger partial charge < -0.3 is 29.9 Å². The van der Waals surface area contributed by atoms with Gasteiger partial charge in [0.1, 0.15) is 18.0 Å². The predicted molar refractivity (Wildman–Crippen MR) is 113 cm³/mol. The molecule has 1 fully saturated rings. The second-order valence-electron chi connectivity index (χ2n) is 8.33. The van der Waals surface area contributed by atoms with Crippen LogP contribution in [0.15, 0.2) is 35.9 Å². The molecular weight excluding hydrogens is 400 g/mol. The molecule has 8 nitrogen and oxygen atoms in total. The summed E-state index contributed by atoms with van der Waals surface area (Å²) in [6.07, 6.45) is 2.74. The van der Waals surface area contributed by atoms with Crippen LogP contribution in [0.3, 0.4) is 0 Å². The van der Waals surface area contributed by atoms with Crippen LogP contribution in [-0.4, -0.2) is 78.6 Å². The zero-order chi connectivity index (χ0) is 22.0. The van der Waals surface area contributed by atoms with E-state index in [0.717, 1.165) is 24.8 Å². The highest BCUT2D eigenvalue weighted by molar-refractivity contribution is 5.96. The maximum atomic E-state index is 13.2. The third-order valence-electron chi connectivity index (χ3n) is 6.51. The summed E-state index contributed by atoms with van der Waals surface area (Å²) >= 11 is 0. The Morgan fingerprint density at radius 2 is 2.06 bits per heavy atom. The van der Waals surface area contributed by atoms with Crippen molar-refractivity contribution in [3.63, 3.8) is 0 Å². The molecule has 8 heteroatoms. The normalized spacial score (nSPS) is 26.7. The van der Waals surface area contributed by atoms with E-state index in [-0.39, 0.29) is 30.9 Å². The summed E-state index contributed by atoms with van der Waals surface area (Å²) < 4.78 is 11.3. The maximum Gasteiger partial charge on any atom is 0.247 e. The van der Waals surface area contributed by atoms with Gasteiger partial charge in [0.2, 0.25) is 11.8 Å². The zero-order valence-corrected chi connectivity index (χ0v) is 17.7. The van der Waals surface area contributed by atoms with Crippen molar-refractivity contribution in [2.24, 2.45) is 5.92 Å². The van der Waals surface area contributed by atoms with Gasteiger partial charge in [-0.15, -0.1) is 0 Å². The number of benzene rings is 1. The van der Waals surface area contributed by atoms with Crippen LogP contribution < -0.4 is 10.1 Å². The Balaban J connectivity index is 1.71. The highest BCUT2D eigenvalue weighted by atomic mass is 16.5. The number of fused-ring (bicyclic) bond motifs is 3. The van der Waals surface area contributed by atoms with E-state index in [2.05, 4.69) is 5.32 Å². The van der Waals surface area contributed by atoms with Crippen LogP contribution in [0.5, 0.6) is 5.75 Å². The topological polar surface area (TPSA) is 108 Å². The first kappa shape index (κ1) is 21.8. The Kier molecular flexibility index (Phi) is 6.60. The largest absolute Gasteiger partial charge is 0.486 e. The molecule has 1 heterocycles. The minimum atomic E-state index is -0.993. The third-order valence-corrected chi connectivity index (χ3v) is 6.51. The van der Waals surface area contributed by atoms with Gasteiger partial charge in [-0.2, -0.15) is 0 Å². The van der Waals surface area contributed by atoms with E-state index in [1.54, 1.807) is 18.1 Å². The summed E-state index contributed by atoms with van der Waals surface area (Å²) in [4.78, 5) is 27.8. The van der Waals surface area contributed by atoms with E-state index < -0.39 is 24.2 Å². The molecule has 0 radical (unpaired) electrons. The van der Waals surface area contributed by atoms with Gasteiger partial charge in [-0.3, -0.25) is 9.59 Å². The fourth-order valence-corrected chi connectivity index (χ4v) is 4.68. The van der Waals surface area contributed by atoms with Crippen molar-refractivity contribution < 1.29 is 29.3 Å². The van der Waals surface area contributed by atoms with Gasteiger partial charge >= 0.3 is 0 Å². The second-order valence-corrected chi connectivity index (χ2v) is 8.33. The minimum Gasteiger partial charge on any atom is -0.486 e. The molecule has 3 N–H and O–H groups in total. The van der Waals surface area contributed by atoms with Gasteiger partial charge in [-0.25, -0.2) is 0 Å². The molecule has 2 amide bonds. The summed E-state index contributed by atoms with van der Waals surface area (Å²) in [5.41, 5.74) is 1.28. The molecule has 0 aromatic heterocycles. The summed E-state index contributed by atoms with van der Waals surface area (Å²) in [5, 5.41) is 23.2. The number of aliphatic hydroxyl groups is 2. The molecule has 1 aliphatic heterocycles. The van der Waals surface area contributed by atoms with E-state index >= 15 is 0 Å². The molecular formula is C23H30N2O6. The van der Waals surface area contributed by atoms with Crippen molar-refractivity contribution in [1.82, 2.24) is 10.2 Å². The Hall–Kier alpha value is -2.42. The van der Waals surface area contributed by atoms with E-state index in [1.807, 2.05) is 24.3 Å². The summed E-state index contributed by atoms with van der Waals surface area (Å²) in [6, 6.07) is 6.73. The molecule has 4 atom stereocenters. The standard InChI is InChI=1S/C23H30N2O6/c1-30-12-10-25(23(29)14-5-4-6-14)17-13-16(22(28)24-9-11-26)19-15-7-2-3-8-18(15)31-21(19)20(17)27/h2-3,7-8,13-14,17,19-21,26-27H,4-6,9-12H2,1H3,(H,24,28). The Morgan fingerprint density at radius 1 is 1.29 bits per heavy atom. The molecule has 31 heavy (non-hydrogen) atoms. The quantitative estimate of drug-likeness (QED) is 0.557. The van der Waals surface area contributed by atoms with E-state index in [0.29, 0.717) is 24.5 Å². The molecule has 0 spiro atoms. The number of amides is 2. The van der Waals surface area contributed by atoms with Crippen LogP contribution in [-0.2, 0) is 14.3 Å². The molecule has 2 aliphatic carbocycles. The SMILES string of the molecule is COCCN(C(=O)C1CCC1)C1C=C(C(=O)NCCO)C2c3ccccc3OC2C1O. The molecule has 1 aromatic rings. The Bertz CT molecular complexity index is 852. The molecule has 0 bridgehead atoms. The number of nitrogens with zero attached hydrogens (tertiary/aromatic N) is 1. The van der Waals surface area contributed by atoms with Gasteiger partial charge in [0.15, 0.2) is 0 Å². The number of hydrogen-bond donors (Lipinski definition) is 3. The van der Waals surface area contributed by atoms with Crippen molar-refractivity contribution in [1.29, 1.82) is 0 Å². The van der Waals surface area contributed by atoms with Crippen molar-refractivity contribution >= 4 is 11.8 Å². The lowest BCUT2D eigenvalue weighted by atomic mass is 9.77. The fourth-order valence-electron chi connectivity index (χ4n) is 4.68. The number of carbonyl (C=O) groups excluding carboxylic acids is 2. The maximum absolute atomic E-state index is 13.2. The molecule has 4 rings (SSSR count). The first-order valence-electron chi connectivity index (χ1n) is 10.9. The van der Waals surface area contributed by atoms with Crippen LogP contribution in [0.25, 0.3) is 0 Å². The zero-order valence-electron chi connectivity index (χ0n) is 17.7. The van der Waals surface area contributed by atoms with E-state index in [1.165, 1.54) is 0 Å². The van der Waals surface area contributed by atoms with Crippen molar-refractivity contribution in [2.75, 3.05) is 33.4 Å². The molecule has 4 unspecified atom stereocenters. The molecule has 3 aliphatic rings. The lowest BCUT2D eigenvalue weighted by Gasteiger charge is -2.42. The molecule has 168 valence electrons. The van der Waals surface area contributed by atoms with Crippen LogP contribution in [0.2, 0.25) is 0 Å². The number of methoxy groups -OCH3 is 1. The van der Waals surface area contributed by atoms with Gasteiger partial charge in [-0.1, -0.05) is 24.6 Å². The number of nitrogens with one attached hydrogen (secondary N) is 1. The summed E-state index contributed by atoms with van der Waals surface area (Å²) in [5.74, 6) is -0.212. The average Bonchev–Trinajstić information content (AvgIpc) is 3.12. The van der Waals surface area contributed by atoms with Crippen molar-refractivity contribution in [3.05, 3.63) is 41.5 Å². The van der Waals surface area contributed by atoms with Crippen molar-refractivity contribution in [3.8, 4) is 5.75 Å². The average molecular weight is 431 g/mol. The van der Waals surface area contributed by atoms with Crippen LogP contribution >= 0.6 is 0 Å². The highest BCUT2D eigenvalue weighted by Crippen LogP contribution is 2.47. The number of aliphatic hydroxyl groups excluding tert-OH is 2. The van der Waals surface area contributed by atoms with Crippen LogP contribution in [0, 0.1) is 5.92 Å². The number of hydrogen-bond acceptors (Lipinski definition) is 6. The first-order valence-corrected chi connectivity index (χ1v) is 10.9. The monoisotopic (exact) mass is 430 g/mol. The third kappa shape index (κ3) is 4.07. The van der Waals surface area contributed by atoms with E-state index in [9.17, 15) is 14.7 Å². The lowest BCUT2D eigenvalue weighted by molar-refractivity contribution is -0.144. The van der Waals surface area contributed by atoms with Gasteiger partial charge in [0.05, 0.1) is 25.2 Å². The minimum absolute atomic E-state index is 0.0207. The smallest absolute Gasteiger partial charge is 0.247 e. The Morgan fingerprint density at radius 3 is 2.74 bits per heavy atom. The highest BCUT2D eigenvalue weighted by Gasteiger charge is 2.50. The number of rotatable bonds is 8. The van der Waals surface area contributed by atoms with Gasteiger partial charge in [-0.05, 0) is 25.0 Å². The van der Waals surface area contributed by atoms with Crippen LogP contribution in [0.1, 0.15) is 30.7 Å².